The molecule has 0 unspecified atom stereocenters. The minimum Gasteiger partial charge on any atom is -0.264 e. The molecule has 0 amide bonds. The number of thiophene rings is 1. The van der Waals surface area contributed by atoms with Gasteiger partial charge in [-0.1, -0.05) is 0 Å². The number of hydrogen-bond acceptors (Lipinski definition) is 3. The van der Waals surface area contributed by atoms with E-state index >= 15 is 0 Å². The van der Waals surface area contributed by atoms with Crippen LogP contribution in [0.5, 0.6) is 0 Å². The molecule has 19 heavy (non-hydrogen) atoms. The van der Waals surface area contributed by atoms with Gasteiger partial charge in [-0.3, -0.25) is 9.97 Å². The van der Waals surface area contributed by atoms with Crippen molar-refractivity contribution in [1.82, 2.24) is 9.97 Å². The third kappa shape index (κ3) is 2.29. The van der Waals surface area contributed by atoms with Crippen LogP contribution in [-0.4, -0.2) is 9.97 Å². The molecule has 3 heterocycles. The van der Waals surface area contributed by atoms with Crippen LogP contribution < -0.4 is 0 Å². The molecule has 0 N–H and O–H groups in total. The molecule has 94 valence electrons. The lowest BCUT2D eigenvalue weighted by Gasteiger charge is -2.02. The van der Waals surface area contributed by atoms with Crippen LogP contribution in [0.25, 0.3) is 20.9 Å². The average molecular weight is 266 g/mol. The molecule has 0 atom stereocenters. The first-order chi connectivity index (χ1) is 9.25. The predicted molar refractivity (Wildman–Crippen MR) is 80.3 cm³/mol. The van der Waals surface area contributed by atoms with Crippen molar-refractivity contribution in [2.75, 3.05) is 0 Å². The van der Waals surface area contributed by atoms with E-state index in [9.17, 15) is 0 Å². The molecule has 3 rings (SSSR count). The van der Waals surface area contributed by atoms with Crippen LogP contribution in [0.15, 0.2) is 49.1 Å². The monoisotopic (exact) mass is 266 g/mol. The Hall–Kier alpha value is -2.00. The van der Waals surface area contributed by atoms with Gasteiger partial charge in [-0.25, -0.2) is 0 Å². The molecule has 0 fully saturated rings. The Labute approximate surface area is 116 Å². The normalized spacial score (nSPS) is 10.6. The van der Waals surface area contributed by atoms with Crippen molar-refractivity contribution in [2.24, 2.45) is 0 Å². The Kier molecular flexibility index (Phi) is 3.13. The van der Waals surface area contributed by atoms with Crippen molar-refractivity contribution in [3.05, 3.63) is 60.2 Å². The summed E-state index contributed by atoms with van der Waals surface area (Å²) in [6.07, 6.45) is 7.53. The summed E-state index contributed by atoms with van der Waals surface area (Å²) in [5.74, 6) is 0. The second kappa shape index (κ2) is 4.94. The molecular formula is C16H14N2S. The van der Waals surface area contributed by atoms with Gasteiger partial charge < -0.3 is 0 Å². The van der Waals surface area contributed by atoms with Gasteiger partial charge in [0.25, 0.3) is 0 Å². The van der Waals surface area contributed by atoms with Crippen LogP contribution in [0.4, 0.5) is 0 Å². The Morgan fingerprint density at radius 2 is 1.21 bits per heavy atom. The molecule has 0 aromatic carbocycles. The highest BCUT2D eigenvalue weighted by Gasteiger charge is 2.08. The third-order valence-corrected chi connectivity index (χ3v) is 4.37. The number of rotatable bonds is 2. The van der Waals surface area contributed by atoms with Crippen LogP contribution >= 0.6 is 11.3 Å². The number of aryl methyl sites for hydroxylation is 2. The molecule has 0 aliphatic heterocycles. The van der Waals surface area contributed by atoms with Crippen molar-refractivity contribution < 1.29 is 0 Å². The van der Waals surface area contributed by atoms with E-state index in [0.29, 0.717) is 0 Å². The zero-order valence-corrected chi connectivity index (χ0v) is 11.7. The SMILES string of the molecule is Cc1ccncc1-c1ccc(-c2cnccc2C)s1. The molecule has 3 aromatic rings. The van der Waals surface area contributed by atoms with Crippen LogP contribution in [0.2, 0.25) is 0 Å². The zero-order valence-electron chi connectivity index (χ0n) is 10.9. The lowest BCUT2D eigenvalue weighted by atomic mass is 10.1. The van der Waals surface area contributed by atoms with Crippen LogP contribution in [0, 0.1) is 13.8 Å². The maximum absolute atomic E-state index is 4.22. The Bertz CT molecular complexity index is 656. The quantitative estimate of drug-likeness (QED) is 0.683. The van der Waals surface area contributed by atoms with Crippen LogP contribution in [-0.2, 0) is 0 Å². The molecule has 3 aromatic heterocycles. The van der Waals surface area contributed by atoms with Crippen molar-refractivity contribution in [3.8, 4) is 20.9 Å². The molecule has 0 saturated heterocycles. The Morgan fingerprint density at radius 1 is 0.737 bits per heavy atom. The zero-order chi connectivity index (χ0) is 13.2. The van der Waals surface area contributed by atoms with Crippen molar-refractivity contribution in [2.45, 2.75) is 13.8 Å². The number of pyridine rings is 2. The molecule has 0 saturated carbocycles. The summed E-state index contributed by atoms with van der Waals surface area (Å²) >= 11 is 1.79. The fourth-order valence-electron chi connectivity index (χ4n) is 2.07. The van der Waals surface area contributed by atoms with Gasteiger partial charge in [0.15, 0.2) is 0 Å². The fraction of sp³-hybridized carbons (Fsp3) is 0.125. The largest absolute Gasteiger partial charge is 0.264 e. The first kappa shape index (κ1) is 12.1. The summed E-state index contributed by atoms with van der Waals surface area (Å²) in [7, 11) is 0. The highest BCUT2D eigenvalue weighted by Crippen LogP contribution is 2.36. The molecule has 3 heteroatoms. The predicted octanol–water partition coefficient (Wildman–Crippen LogP) is 4.49. The minimum atomic E-state index is 1.21. The maximum Gasteiger partial charge on any atom is 0.0367 e. The van der Waals surface area contributed by atoms with Gasteiger partial charge in [0.2, 0.25) is 0 Å². The summed E-state index contributed by atoms with van der Waals surface area (Å²) in [6.45, 7) is 4.23. The molecular weight excluding hydrogens is 252 g/mol. The van der Waals surface area contributed by atoms with Gasteiger partial charge >= 0.3 is 0 Å². The lowest BCUT2D eigenvalue weighted by molar-refractivity contribution is 1.29. The first-order valence-electron chi connectivity index (χ1n) is 6.17. The summed E-state index contributed by atoms with van der Waals surface area (Å²) in [5, 5.41) is 0. The molecule has 0 radical (unpaired) electrons. The van der Waals surface area contributed by atoms with E-state index in [1.165, 1.54) is 32.0 Å². The third-order valence-electron chi connectivity index (χ3n) is 3.22. The van der Waals surface area contributed by atoms with E-state index < -0.39 is 0 Å². The van der Waals surface area contributed by atoms with E-state index in [4.69, 9.17) is 0 Å². The van der Waals surface area contributed by atoms with Gasteiger partial charge in [-0.15, -0.1) is 11.3 Å². The van der Waals surface area contributed by atoms with Crippen molar-refractivity contribution in [3.63, 3.8) is 0 Å². The molecule has 0 aliphatic rings. The molecule has 0 bridgehead atoms. The van der Waals surface area contributed by atoms with E-state index in [-0.39, 0.29) is 0 Å². The molecule has 0 aliphatic carbocycles. The molecule has 2 nitrogen and oxygen atoms in total. The van der Waals surface area contributed by atoms with E-state index in [2.05, 4.69) is 35.9 Å². The van der Waals surface area contributed by atoms with Gasteiger partial charge in [-0.05, 0) is 49.2 Å². The summed E-state index contributed by atoms with van der Waals surface area (Å²) in [6, 6.07) is 8.42. The Morgan fingerprint density at radius 3 is 1.63 bits per heavy atom. The second-order valence-electron chi connectivity index (χ2n) is 4.55. The summed E-state index contributed by atoms with van der Waals surface area (Å²) in [4.78, 5) is 10.9. The lowest BCUT2D eigenvalue weighted by Crippen LogP contribution is -1.81. The van der Waals surface area contributed by atoms with Gasteiger partial charge in [0.1, 0.15) is 0 Å². The van der Waals surface area contributed by atoms with E-state index in [0.717, 1.165) is 0 Å². The second-order valence-corrected chi connectivity index (χ2v) is 5.63. The summed E-state index contributed by atoms with van der Waals surface area (Å²) in [5.41, 5.74) is 4.93. The van der Waals surface area contributed by atoms with Crippen LogP contribution in [0.3, 0.4) is 0 Å². The summed E-state index contributed by atoms with van der Waals surface area (Å²) < 4.78 is 0. The standard InChI is InChI=1S/C16H14N2S/c1-11-5-7-17-9-13(11)15-3-4-16(19-15)14-10-18-8-6-12(14)2/h3-10H,1-2H3. The fourth-order valence-corrected chi connectivity index (χ4v) is 3.23. The van der Waals surface area contributed by atoms with Crippen molar-refractivity contribution >= 4 is 11.3 Å². The van der Waals surface area contributed by atoms with E-state index in [1.54, 1.807) is 11.3 Å². The van der Waals surface area contributed by atoms with Gasteiger partial charge in [-0.2, -0.15) is 0 Å². The van der Waals surface area contributed by atoms with Gasteiger partial charge in [0.05, 0.1) is 0 Å². The average Bonchev–Trinajstić information content (AvgIpc) is 2.89. The topological polar surface area (TPSA) is 25.8 Å². The first-order valence-corrected chi connectivity index (χ1v) is 6.99. The number of aromatic nitrogens is 2. The Balaban J connectivity index is 2.06. The van der Waals surface area contributed by atoms with Crippen LogP contribution in [0.1, 0.15) is 11.1 Å². The van der Waals surface area contributed by atoms with E-state index in [1.807, 2.05) is 36.9 Å². The maximum atomic E-state index is 4.22. The minimum absolute atomic E-state index is 1.21. The highest BCUT2D eigenvalue weighted by atomic mass is 32.1. The smallest absolute Gasteiger partial charge is 0.0367 e. The molecule has 0 spiro atoms. The van der Waals surface area contributed by atoms with Gasteiger partial charge in [0, 0.05) is 45.7 Å². The number of nitrogens with zero attached hydrogens (tertiary/aromatic N) is 2. The van der Waals surface area contributed by atoms with Crippen molar-refractivity contribution in [1.29, 1.82) is 0 Å². The number of hydrogen-bond donors (Lipinski definition) is 0. The highest BCUT2D eigenvalue weighted by molar-refractivity contribution is 7.18.